The van der Waals surface area contributed by atoms with E-state index in [4.69, 9.17) is 10.5 Å². The largest absolute Gasteiger partial charge is 0.508 e. The van der Waals surface area contributed by atoms with Crippen LogP contribution in [0.5, 0.6) is 5.75 Å². The van der Waals surface area contributed by atoms with Crippen molar-refractivity contribution in [2.24, 2.45) is 5.41 Å². The van der Waals surface area contributed by atoms with Gasteiger partial charge in [0.05, 0.1) is 11.4 Å². The number of phenolic OH excluding ortho intramolecular Hbond substituents is 1. The van der Waals surface area contributed by atoms with Crippen LogP contribution < -0.4 is 16.4 Å². The van der Waals surface area contributed by atoms with Crippen molar-refractivity contribution in [2.45, 2.75) is 32.8 Å². The van der Waals surface area contributed by atoms with Crippen LogP contribution in [-0.2, 0) is 9.53 Å². The highest BCUT2D eigenvalue weighted by Crippen LogP contribution is 2.44. The monoisotopic (exact) mass is 551 g/mol. The third kappa shape index (κ3) is 7.61. The third-order valence-electron chi connectivity index (χ3n) is 5.67. The number of nitrogens with one attached hydrogen (secondary N) is 2. The first-order valence-corrected chi connectivity index (χ1v) is 12.3. The van der Waals surface area contributed by atoms with Crippen molar-refractivity contribution in [1.29, 1.82) is 0 Å². The summed E-state index contributed by atoms with van der Waals surface area (Å²) in [6.45, 7) is 3.90. The molecule has 0 saturated heterocycles. The fourth-order valence-corrected chi connectivity index (χ4v) is 4.10. The zero-order chi connectivity index (χ0) is 26.1. The molecular formula is C28H30BrN3O4. The minimum Gasteiger partial charge on any atom is -0.508 e. The van der Waals surface area contributed by atoms with Crippen LogP contribution in [0.25, 0.3) is 0 Å². The highest BCUT2D eigenvalue weighted by atomic mass is 79.9. The lowest BCUT2D eigenvalue weighted by Gasteiger charge is -2.34. The number of para-hydroxylation sites is 3. The van der Waals surface area contributed by atoms with Gasteiger partial charge < -0.3 is 20.9 Å². The van der Waals surface area contributed by atoms with Crippen molar-refractivity contribution < 1.29 is 19.4 Å². The third-order valence-corrected chi connectivity index (χ3v) is 6.16. The van der Waals surface area contributed by atoms with E-state index in [1.165, 1.54) is 6.08 Å². The molecule has 3 rings (SSSR count). The molecule has 3 aromatic carbocycles. The van der Waals surface area contributed by atoms with Crippen molar-refractivity contribution in [1.82, 2.24) is 0 Å². The van der Waals surface area contributed by atoms with E-state index in [1.54, 1.807) is 60.7 Å². The standard InChI is InChI=1S/C28H30BrN3O4/c1-28(2,17-9-8-14-25(34)32-23-13-7-6-12-22(23)30)26(21-18-19(29)15-16-24(21)33)36-27(35)31-20-10-4-3-5-11-20/h3-8,10-16,18,26,33H,9,17,30H2,1-2H3,(H,31,35)(H,32,34)/b14-8+/t26-/m1/s1. The van der Waals surface area contributed by atoms with Crippen LogP contribution in [0, 0.1) is 5.41 Å². The number of carbonyl (C=O) groups is 2. The Hall–Kier alpha value is -3.78. The summed E-state index contributed by atoms with van der Waals surface area (Å²) in [6, 6.07) is 21.0. The van der Waals surface area contributed by atoms with Crippen LogP contribution in [-0.4, -0.2) is 17.1 Å². The van der Waals surface area contributed by atoms with Gasteiger partial charge in [-0.25, -0.2) is 4.79 Å². The maximum atomic E-state index is 12.8. The maximum Gasteiger partial charge on any atom is 0.412 e. The number of allylic oxidation sites excluding steroid dienone is 1. The van der Waals surface area contributed by atoms with Crippen LogP contribution in [0.2, 0.25) is 0 Å². The number of hydrogen-bond donors (Lipinski definition) is 4. The number of amides is 2. The maximum absolute atomic E-state index is 12.8. The minimum absolute atomic E-state index is 0.0270. The predicted octanol–water partition coefficient (Wildman–Crippen LogP) is 7.03. The van der Waals surface area contributed by atoms with E-state index in [2.05, 4.69) is 26.6 Å². The molecule has 0 fully saturated rings. The molecule has 0 aromatic heterocycles. The number of nitrogen functional groups attached to an aromatic ring is 1. The Balaban J connectivity index is 1.71. The number of rotatable bonds is 9. The number of ether oxygens (including phenoxy) is 1. The van der Waals surface area contributed by atoms with Crippen LogP contribution in [0.4, 0.5) is 21.9 Å². The minimum atomic E-state index is -0.759. The number of hydrogen-bond acceptors (Lipinski definition) is 5. The van der Waals surface area contributed by atoms with E-state index in [9.17, 15) is 14.7 Å². The molecule has 0 spiro atoms. The highest BCUT2D eigenvalue weighted by molar-refractivity contribution is 9.10. The molecule has 5 N–H and O–H groups in total. The predicted molar refractivity (Wildman–Crippen MR) is 147 cm³/mol. The number of nitrogens with two attached hydrogens (primary N) is 1. The van der Waals surface area contributed by atoms with Crippen LogP contribution in [0.1, 0.15) is 38.4 Å². The summed E-state index contributed by atoms with van der Waals surface area (Å²) in [4.78, 5) is 25.0. The van der Waals surface area contributed by atoms with Gasteiger partial charge in [-0.1, -0.05) is 66.2 Å². The van der Waals surface area contributed by atoms with Gasteiger partial charge in [0.2, 0.25) is 5.91 Å². The van der Waals surface area contributed by atoms with Gasteiger partial charge >= 0.3 is 6.09 Å². The van der Waals surface area contributed by atoms with Crippen LogP contribution in [0.15, 0.2) is 89.4 Å². The van der Waals surface area contributed by atoms with Gasteiger partial charge in [0.25, 0.3) is 0 Å². The number of halogens is 1. The lowest BCUT2D eigenvalue weighted by Crippen LogP contribution is -2.29. The summed E-state index contributed by atoms with van der Waals surface area (Å²) in [5.74, 6) is -0.260. The molecule has 3 aromatic rings. The zero-order valence-corrected chi connectivity index (χ0v) is 21.8. The van der Waals surface area contributed by atoms with Crippen molar-refractivity contribution >= 4 is 45.0 Å². The van der Waals surface area contributed by atoms with Gasteiger partial charge in [0.15, 0.2) is 0 Å². The molecule has 0 saturated carbocycles. The molecule has 1 atom stereocenters. The van der Waals surface area contributed by atoms with Gasteiger partial charge in [0, 0.05) is 21.1 Å². The fourth-order valence-electron chi connectivity index (χ4n) is 3.72. The normalized spacial score (nSPS) is 12.2. The zero-order valence-electron chi connectivity index (χ0n) is 20.2. The van der Waals surface area contributed by atoms with Crippen LogP contribution >= 0.6 is 15.9 Å². The van der Waals surface area contributed by atoms with Gasteiger partial charge in [-0.05, 0) is 61.4 Å². The Morgan fingerprint density at radius 1 is 1.06 bits per heavy atom. The Labute approximate surface area is 219 Å². The van der Waals surface area contributed by atoms with Gasteiger partial charge in [-0.2, -0.15) is 0 Å². The Kier molecular flexibility index (Phi) is 9.13. The average Bonchev–Trinajstić information content (AvgIpc) is 2.84. The SMILES string of the molecule is CC(C)(CC/C=C/C(=O)Nc1ccccc1N)[C@H](OC(=O)Nc1ccccc1)c1cc(Br)ccc1O. The fraction of sp³-hybridized carbons (Fsp3) is 0.214. The van der Waals surface area contributed by atoms with E-state index >= 15 is 0 Å². The van der Waals surface area contributed by atoms with Crippen molar-refractivity contribution in [3.8, 4) is 5.75 Å². The van der Waals surface area contributed by atoms with E-state index in [0.29, 0.717) is 35.5 Å². The summed E-state index contributed by atoms with van der Waals surface area (Å²) in [7, 11) is 0. The molecule has 7 nitrogen and oxygen atoms in total. The van der Waals surface area contributed by atoms with Gasteiger partial charge in [-0.15, -0.1) is 0 Å². The summed E-state index contributed by atoms with van der Waals surface area (Å²) in [6.07, 6.45) is 2.94. The topological polar surface area (TPSA) is 114 Å². The first-order valence-electron chi connectivity index (χ1n) is 11.5. The molecule has 0 radical (unpaired) electrons. The summed E-state index contributed by atoms with van der Waals surface area (Å²) < 4.78 is 6.61. The lowest BCUT2D eigenvalue weighted by atomic mass is 9.78. The summed E-state index contributed by atoms with van der Waals surface area (Å²) in [5.41, 5.74) is 7.41. The Morgan fingerprint density at radius 2 is 1.75 bits per heavy atom. The van der Waals surface area contributed by atoms with Crippen molar-refractivity contribution in [3.63, 3.8) is 0 Å². The molecule has 0 heterocycles. The van der Waals surface area contributed by atoms with E-state index in [1.807, 2.05) is 32.0 Å². The molecule has 2 amide bonds. The van der Waals surface area contributed by atoms with Crippen molar-refractivity contribution in [3.05, 3.63) is 95.0 Å². The van der Waals surface area contributed by atoms with Crippen molar-refractivity contribution in [2.75, 3.05) is 16.4 Å². The highest BCUT2D eigenvalue weighted by Gasteiger charge is 2.35. The van der Waals surface area contributed by atoms with Gasteiger partial charge in [-0.3, -0.25) is 10.1 Å². The molecular weight excluding hydrogens is 522 g/mol. The average molecular weight is 552 g/mol. The first-order chi connectivity index (χ1) is 17.2. The summed E-state index contributed by atoms with van der Waals surface area (Å²) in [5, 5.41) is 16.0. The van der Waals surface area contributed by atoms with Crippen LogP contribution in [0.3, 0.4) is 0 Å². The second-order valence-corrected chi connectivity index (χ2v) is 9.90. The molecule has 0 bridgehead atoms. The number of anilines is 3. The lowest BCUT2D eigenvalue weighted by molar-refractivity contribution is -0.111. The molecule has 188 valence electrons. The quantitative estimate of drug-likeness (QED) is 0.168. The molecule has 36 heavy (non-hydrogen) atoms. The number of benzene rings is 3. The first kappa shape index (κ1) is 26.8. The van der Waals surface area contributed by atoms with E-state index in [0.717, 1.165) is 4.47 Å². The van der Waals surface area contributed by atoms with E-state index < -0.39 is 17.6 Å². The molecule has 0 aliphatic heterocycles. The summed E-state index contributed by atoms with van der Waals surface area (Å²) >= 11 is 3.43. The molecule has 0 unspecified atom stereocenters. The van der Waals surface area contributed by atoms with E-state index in [-0.39, 0.29) is 11.7 Å². The second-order valence-electron chi connectivity index (χ2n) is 8.99. The number of carbonyl (C=O) groups excluding carboxylic acids is 2. The Morgan fingerprint density at radius 3 is 2.47 bits per heavy atom. The molecule has 0 aliphatic rings. The smallest absolute Gasteiger partial charge is 0.412 e. The molecule has 8 heteroatoms. The number of phenols is 1. The molecule has 0 aliphatic carbocycles. The Bertz CT molecular complexity index is 1230. The second kappa shape index (κ2) is 12.3. The number of aromatic hydroxyl groups is 1. The van der Waals surface area contributed by atoms with Gasteiger partial charge in [0.1, 0.15) is 11.9 Å².